The summed E-state index contributed by atoms with van der Waals surface area (Å²) in [5, 5.41) is 18.0. The van der Waals surface area contributed by atoms with Gasteiger partial charge in [0.05, 0.1) is 23.0 Å². The van der Waals surface area contributed by atoms with Crippen molar-refractivity contribution in [3.8, 4) is 5.69 Å². The SMILES string of the molecule is C[C@H]1CC2CC(Cn3cnnc3)(C1)N2C(=O)Nc1ccc(C(F)(F)F)c(-n2ncc(Cl)n2)c1. The van der Waals surface area contributed by atoms with Gasteiger partial charge >= 0.3 is 12.2 Å². The van der Waals surface area contributed by atoms with E-state index in [1.54, 1.807) is 12.7 Å². The van der Waals surface area contributed by atoms with Gasteiger partial charge in [0, 0.05) is 18.3 Å². The van der Waals surface area contributed by atoms with Crippen molar-refractivity contribution in [2.75, 3.05) is 5.32 Å². The maximum absolute atomic E-state index is 13.5. The van der Waals surface area contributed by atoms with Crippen LogP contribution >= 0.6 is 11.6 Å². The van der Waals surface area contributed by atoms with Gasteiger partial charge in [0.1, 0.15) is 12.7 Å². The highest BCUT2D eigenvalue weighted by atomic mass is 35.5. The van der Waals surface area contributed by atoms with Crippen molar-refractivity contribution in [1.82, 2.24) is 34.7 Å². The molecular formula is C20H20ClF3N8O. The number of rotatable bonds is 4. The zero-order valence-electron chi connectivity index (χ0n) is 17.5. The highest BCUT2D eigenvalue weighted by molar-refractivity contribution is 6.29. The van der Waals surface area contributed by atoms with Crippen LogP contribution in [-0.4, -0.2) is 52.3 Å². The summed E-state index contributed by atoms with van der Waals surface area (Å²) in [6, 6.07) is 3.03. The predicted octanol–water partition coefficient (Wildman–Crippen LogP) is 4.01. The number of halogens is 4. The van der Waals surface area contributed by atoms with Crippen LogP contribution in [0, 0.1) is 5.92 Å². The first-order chi connectivity index (χ1) is 15.6. The summed E-state index contributed by atoms with van der Waals surface area (Å²) < 4.78 is 42.5. The molecule has 3 aromatic rings. The topological polar surface area (TPSA) is 93.8 Å². The van der Waals surface area contributed by atoms with Gasteiger partial charge in [-0.2, -0.15) is 18.3 Å². The van der Waals surface area contributed by atoms with E-state index in [9.17, 15) is 18.0 Å². The van der Waals surface area contributed by atoms with Crippen molar-refractivity contribution in [1.29, 1.82) is 0 Å². The van der Waals surface area contributed by atoms with E-state index in [2.05, 4.69) is 32.6 Å². The number of amides is 2. The summed E-state index contributed by atoms with van der Waals surface area (Å²) in [5.41, 5.74) is -1.45. The molecular weight excluding hydrogens is 461 g/mol. The van der Waals surface area contributed by atoms with E-state index in [0.717, 1.165) is 36.3 Å². The molecule has 4 heterocycles. The summed E-state index contributed by atoms with van der Waals surface area (Å²) >= 11 is 5.75. The highest BCUT2D eigenvalue weighted by Crippen LogP contribution is 2.50. The maximum atomic E-state index is 13.5. The molecule has 0 radical (unpaired) electrons. The zero-order valence-corrected chi connectivity index (χ0v) is 18.3. The Morgan fingerprint density at radius 1 is 1.27 bits per heavy atom. The first kappa shape index (κ1) is 21.7. The lowest BCUT2D eigenvalue weighted by molar-refractivity contribution is -0.137. The Bertz CT molecular complexity index is 1180. The van der Waals surface area contributed by atoms with Gasteiger partial charge < -0.3 is 14.8 Å². The van der Waals surface area contributed by atoms with E-state index in [0.29, 0.717) is 12.5 Å². The molecule has 2 bridgehead atoms. The number of carbonyl (C=O) groups excluding carboxylic acids is 1. The Hall–Kier alpha value is -3.15. The Labute approximate surface area is 191 Å². The number of carbonyl (C=O) groups is 1. The van der Waals surface area contributed by atoms with Crippen molar-refractivity contribution in [2.24, 2.45) is 5.92 Å². The molecule has 3 aliphatic rings. The fourth-order valence-electron chi connectivity index (χ4n) is 5.26. The van der Waals surface area contributed by atoms with Crippen LogP contribution < -0.4 is 5.32 Å². The van der Waals surface area contributed by atoms with Gasteiger partial charge in [0.15, 0.2) is 5.15 Å². The number of nitrogens with zero attached hydrogens (tertiary/aromatic N) is 7. The van der Waals surface area contributed by atoms with Gasteiger partial charge in [0.2, 0.25) is 0 Å². The Morgan fingerprint density at radius 2 is 2.03 bits per heavy atom. The fraction of sp³-hybridized carbons (Fsp3) is 0.450. The molecule has 2 saturated heterocycles. The minimum Gasteiger partial charge on any atom is -0.318 e. The monoisotopic (exact) mass is 480 g/mol. The van der Waals surface area contributed by atoms with Gasteiger partial charge in [-0.3, -0.25) is 0 Å². The molecule has 13 heteroatoms. The van der Waals surface area contributed by atoms with E-state index >= 15 is 0 Å². The first-order valence-corrected chi connectivity index (χ1v) is 10.7. The Kier molecular flexibility index (Phi) is 5.07. The molecule has 6 rings (SSSR count). The van der Waals surface area contributed by atoms with Crippen molar-refractivity contribution < 1.29 is 18.0 Å². The van der Waals surface area contributed by atoms with E-state index in [1.165, 1.54) is 12.1 Å². The van der Waals surface area contributed by atoms with Gasteiger partial charge in [0.25, 0.3) is 0 Å². The van der Waals surface area contributed by atoms with E-state index < -0.39 is 11.7 Å². The molecule has 174 valence electrons. The number of aromatic nitrogens is 6. The Morgan fingerprint density at radius 3 is 2.70 bits per heavy atom. The summed E-state index contributed by atoms with van der Waals surface area (Å²) in [4.78, 5) is 15.9. The summed E-state index contributed by atoms with van der Waals surface area (Å²) in [5.74, 6) is 0.456. The van der Waals surface area contributed by atoms with Crippen LogP contribution in [0.2, 0.25) is 5.15 Å². The van der Waals surface area contributed by atoms with Crippen LogP contribution in [-0.2, 0) is 12.7 Å². The third kappa shape index (κ3) is 3.92. The van der Waals surface area contributed by atoms with Crippen molar-refractivity contribution in [2.45, 2.75) is 50.5 Å². The smallest absolute Gasteiger partial charge is 0.318 e. The second-order valence-electron chi connectivity index (χ2n) is 8.75. The molecule has 2 aromatic heterocycles. The van der Waals surface area contributed by atoms with Crippen molar-refractivity contribution in [3.05, 3.63) is 47.8 Å². The molecule has 9 nitrogen and oxygen atoms in total. The highest BCUT2D eigenvalue weighted by Gasteiger charge is 2.58. The predicted molar refractivity (Wildman–Crippen MR) is 112 cm³/mol. The standard InChI is InChI=1S/C20H20ClF3N8O/c1-12-4-14-7-19(6-12,9-30-10-25-26-11-30)31(14)18(33)28-13-2-3-15(20(22,23)24)16(5-13)32-27-8-17(21)29-32/h2-3,5,8,10-12,14H,4,6-7,9H2,1H3,(H,28,33)/t12-,14?,19?/m0/s1. The van der Waals surface area contributed by atoms with Gasteiger partial charge in [-0.05, 0) is 43.4 Å². The number of alkyl halides is 3. The average Bonchev–Trinajstić information content (AvgIpc) is 3.38. The molecule has 2 unspecified atom stereocenters. The second kappa shape index (κ2) is 7.72. The summed E-state index contributed by atoms with van der Waals surface area (Å²) in [6.07, 6.45) is 2.30. The van der Waals surface area contributed by atoms with Crippen LogP contribution in [0.3, 0.4) is 0 Å². The number of hydrogen-bond acceptors (Lipinski definition) is 5. The maximum Gasteiger partial charge on any atom is 0.418 e. The molecule has 0 spiro atoms. The quantitative estimate of drug-likeness (QED) is 0.609. The van der Waals surface area contributed by atoms with Crippen LogP contribution in [0.5, 0.6) is 0 Å². The zero-order chi connectivity index (χ0) is 23.4. The molecule has 1 N–H and O–H groups in total. The number of benzene rings is 1. The largest absolute Gasteiger partial charge is 0.418 e. The molecule has 2 amide bonds. The van der Waals surface area contributed by atoms with Crippen LogP contribution in [0.4, 0.5) is 23.7 Å². The summed E-state index contributed by atoms with van der Waals surface area (Å²) in [6.45, 7) is 2.72. The number of piperidine rings is 1. The molecule has 1 aliphatic carbocycles. The lowest BCUT2D eigenvalue weighted by Gasteiger charge is -2.63. The van der Waals surface area contributed by atoms with Crippen LogP contribution in [0.25, 0.3) is 5.69 Å². The number of anilines is 1. The lowest BCUT2D eigenvalue weighted by Crippen LogP contribution is -2.73. The van der Waals surface area contributed by atoms with Gasteiger partial charge in [-0.25, -0.2) is 4.79 Å². The third-order valence-corrected chi connectivity index (χ3v) is 6.46. The number of hydrogen-bond donors (Lipinski definition) is 1. The van der Waals surface area contributed by atoms with E-state index in [1.807, 2.05) is 9.47 Å². The van der Waals surface area contributed by atoms with Gasteiger partial charge in [-0.1, -0.05) is 18.5 Å². The summed E-state index contributed by atoms with van der Waals surface area (Å²) in [7, 11) is 0. The normalized spacial score (nSPS) is 24.5. The lowest BCUT2D eigenvalue weighted by atomic mass is 9.64. The van der Waals surface area contributed by atoms with Crippen LogP contribution in [0.15, 0.2) is 37.1 Å². The number of fused-ring (bicyclic) bond motifs is 2. The van der Waals surface area contributed by atoms with E-state index in [4.69, 9.17) is 11.6 Å². The molecule has 1 saturated carbocycles. The fourth-order valence-corrected chi connectivity index (χ4v) is 5.37. The number of nitrogens with one attached hydrogen (secondary N) is 1. The molecule has 3 atom stereocenters. The van der Waals surface area contributed by atoms with Gasteiger partial charge in [-0.15, -0.1) is 20.1 Å². The average molecular weight is 481 g/mol. The van der Waals surface area contributed by atoms with Crippen molar-refractivity contribution >= 4 is 23.3 Å². The molecule has 33 heavy (non-hydrogen) atoms. The Balaban J connectivity index is 1.42. The minimum absolute atomic E-state index is 0.0454. The minimum atomic E-state index is -4.63. The molecule has 1 aromatic carbocycles. The van der Waals surface area contributed by atoms with Crippen molar-refractivity contribution in [3.63, 3.8) is 0 Å². The third-order valence-electron chi connectivity index (χ3n) is 6.29. The molecule has 3 fully saturated rings. The van der Waals surface area contributed by atoms with Crippen LogP contribution in [0.1, 0.15) is 31.7 Å². The second-order valence-corrected chi connectivity index (χ2v) is 9.14. The first-order valence-electron chi connectivity index (χ1n) is 10.4. The number of urea groups is 1. The molecule has 2 aliphatic heterocycles. The van der Waals surface area contributed by atoms with E-state index in [-0.39, 0.29) is 34.1 Å².